The topological polar surface area (TPSA) is 109 Å². The van der Waals surface area contributed by atoms with Gasteiger partial charge in [0.25, 0.3) is 0 Å². The van der Waals surface area contributed by atoms with Crippen LogP contribution >= 0.6 is 0 Å². The first-order chi connectivity index (χ1) is 7.74. The van der Waals surface area contributed by atoms with Gasteiger partial charge in [-0.2, -0.15) is 0 Å². The highest BCUT2D eigenvalue weighted by Crippen LogP contribution is 2.31. The summed E-state index contributed by atoms with van der Waals surface area (Å²) in [6.45, 7) is 3.05. The van der Waals surface area contributed by atoms with Gasteiger partial charge in [0, 0.05) is 5.92 Å². The molecule has 0 heterocycles. The minimum absolute atomic E-state index is 0.294. The molecule has 17 heavy (non-hydrogen) atoms. The van der Waals surface area contributed by atoms with Crippen LogP contribution < -0.4 is 11.1 Å². The van der Waals surface area contributed by atoms with Crippen molar-refractivity contribution < 1.29 is 19.5 Å². The smallest absolute Gasteiger partial charge is 0.306 e. The number of nitrogens with two attached hydrogens (primary N) is 1. The first-order valence-electron chi connectivity index (χ1n) is 5.58. The first kappa shape index (κ1) is 13.5. The van der Waals surface area contributed by atoms with Crippen LogP contribution in [0.1, 0.15) is 33.1 Å². The van der Waals surface area contributed by atoms with Gasteiger partial charge in [-0.25, -0.2) is 0 Å². The minimum Gasteiger partial charge on any atom is -0.481 e. The van der Waals surface area contributed by atoms with Gasteiger partial charge in [-0.1, -0.05) is 0 Å². The minimum atomic E-state index is -1.10. The molecule has 0 aliphatic heterocycles. The lowest BCUT2D eigenvalue weighted by Gasteiger charge is -2.24. The molecule has 1 saturated carbocycles. The lowest BCUT2D eigenvalue weighted by atomic mass is 10.00. The molecule has 0 aromatic carbocycles. The van der Waals surface area contributed by atoms with E-state index in [1.54, 1.807) is 0 Å². The standard InChI is InChI=1S/C11H18N2O4/c1-11(2,10(12)17)13-8(14)6-3-4-7(5-6)9(15)16/h6-7H,3-5H2,1-2H3,(H2,12,17)(H,13,14)(H,15,16). The molecule has 2 amide bonds. The number of hydrogen-bond donors (Lipinski definition) is 3. The van der Waals surface area contributed by atoms with E-state index in [4.69, 9.17) is 10.8 Å². The number of aliphatic carboxylic acids is 1. The van der Waals surface area contributed by atoms with Crippen LogP contribution in [0, 0.1) is 11.8 Å². The van der Waals surface area contributed by atoms with Crippen LogP contribution in [-0.2, 0) is 14.4 Å². The van der Waals surface area contributed by atoms with Crippen LogP contribution in [-0.4, -0.2) is 28.4 Å². The number of nitrogens with one attached hydrogen (secondary N) is 1. The van der Waals surface area contributed by atoms with Crippen molar-refractivity contribution in [3.8, 4) is 0 Å². The maximum atomic E-state index is 11.8. The molecule has 96 valence electrons. The third-order valence-corrected chi connectivity index (χ3v) is 3.20. The second kappa shape index (κ2) is 4.73. The number of hydrogen-bond acceptors (Lipinski definition) is 3. The fourth-order valence-corrected chi connectivity index (χ4v) is 1.92. The van der Waals surface area contributed by atoms with E-state index in [2.05, 4.69) is 5.32 Å². The molecular weight excluding hydrogens is 224 g/mol. The average Bonchev–Trinajstić information content (AvgIpc) is 2.65. The van der Waals surface area contributed by atoms with Crippen molar-refractivity contribution in [3.05, 3.63) is 0 Å². The van der Waals surface area contributed by atoms with Gasteiger partial charge in [0.1, 0.15) is 5.54 Å². The summed E-state index contributed by atoms with van der Waals surface area (Å²) in [7, 11) is 0. The van der Waals surface area contributed by atoms with Gasteiger partial charge in [0.2, 0.25) is 11.8 Å². The predicted octanol–water partition coefficient (Wildman–Crippen LogP) is -0.133. The zero-order valence-corrected chi connectivity index (χ0v) is 10.0. The summed E-state index contributed by atoms with van der Waals surface area (Å²) in [5, 5.41) is 11.4. The van der Waals surface area contributed by atoms with Gasteiger partial charge >= 0.3 is 5.97 Å². The molecule has 0 spiro atoms. The Labute approximate surface area is 99.6 Å². The number of primary amides is 1. The fraction of sp³-hybridized carbons (Fsp3) is 0.727. The fourth-order valence-electron chi connectivity index (χ4n) is 1.92. The van der Waals surface area contributed by atoms with E-state index in [0.29, 0.717) is 19.3 Å². The van der Waals surface area contributed by atoms with Gasteiger partial charge in [-0.05, 0) is 33.1 Å². The normalized spacial score (nSPS) is 24.4. The third-order valence-electron chi connectivity index (χ3n) is 3.20. The quantitative estimate of drug-likeness (QED) is 0.637. The van der Waals surface area contributed by atoms with E-state index in [1.807, 2.05) is 0 Å². The lowest BCUT2D eigenvalue weighted by molar-refractivity contribution is -0.141. The highest BCUT2D eigenvalue weighted by molar-refractivity contribution is 5.90. The van der Waals surface area contributed by atoms with Gasteiger partial charge in [-0.3, -0.25) is 14.4 Å². The molecule has 1 fully saturated rings. The molecule has 2 atom stereocenters. The van der Waals surface area contributed by atoms with E-state index in [9.17, 15) is 14.4 Å². The van der Waals surface area contributed by atoms with Crippen molar-refractivity contribution in [2.24, 2.45) is 17.6 Å². The van der Waals surface area contributed by atoms with Crippen LogP contribution in [0.5, 0.6) is 0 Å². The Balaban J connectivity index is 2.56. The van der Waals surface area contributed by atoms with Crippen molar-refractivity contribution in [2.75, 3.05) is 0 Å². The largest absolute Gasteiger partial charge is 0.481 e. The van der Waals surface area contributed by atoms with Crippen molar-refractivity contribution in [2.45, 2.75) is 38.6 Å². The Morgan fingerprint density at radius 2 is 1.76 bits per heavy atom. The molecule has 0 saturated heterocycles. The second-order valence-electron chi connectivity index (χ2n) is 5.02. The highest BCUT2D eigenvalue weighted by atomic mass is 16.4. The molecule has 1 rings (SSSR count). The summed E-state index contributed by atoms with van der Waals surface area (Å²) >= 11 is 0. The van der Waals surface area contributed by atoms with Crippen LogP contribution in [0.25, 0.3) is 0 Å². The lowest BCUT2D eigenvalue weighted by Crippen LogP contribution is -2.54. The number of carboxylic acid groups (broad SMARTS) is 1. The first-order valence-corrected chi connectivity index (χ1v) is 5.58. The van der Waals surface area contributed by atoms with Crippen LogP contribution in [0.2, 0.25) is 0 Å². The van der Waals surface area contributed by atoms with Crippen LogP contribution in [0.4, 0.5) is 0 Å². The molecular formula is C11H18N2O4. The predicted molar refractivity (Wildman–Crippen MR) is 59.9 cm³/mol. The van der Waals surface area contributed by atoms with Gasteiger partial charge in [0.05, 0.1) is 5.92 Å². The Bertz CT molecular complexity index is 351. The Morgan fingerprint density at radius 3 is 2.18 bits per heavy atom. The molecule has 0 bridgehead atoms. The summed E-state index contributed by atoms with van der Waals surface area (Å²) in [4.78, 5) is 33.6. The monoisotopic (exact) mass is 242 g/mol. The second-order valence-corrected chi connectivity index (χ2v) is 5.02. The summed E-state index contributed by atoms with van der Waals surface area (Å²) in [6.07, 6.45) is 1.37. The zero-order valence-electron chi connectivity index (χ0n) is 10.0. The van der Waals surface area contributed by atoms with Crippen LogP contribution in [0.3, 0.4) is 0 Å². The Morgan fingerprint density at radius 1 is 1.24 bits per heavy atom. The summed E-state index contributed by atoms with van der Waals surface area (Å²) in [6, 6.07) is 0. The van der Waals surface area contributed by atoms with Gasteiger partial charge < -0.3 is 16.2 Å². The molecule has 6 nitrogen and oxygen atoms in total. The maximum Gasteiger partial charge on any atom is 0.306 e. The van der Waals surface area contributed by atoms with Gasteiger partial charge in [0.15, 0.2) is 0 Å². The van der Waals surface area contributed by atoms with E-state index in [1.165, 1.54) is 13.8 Å². The molecule has 1 aliphatic rings. The number of amides is 2. The van der Waals surface area contributed by atoms with Crippen molar-refractivity contribution in [1.82, 2.24) is 5.32 Å². The van der Waals surface area contributed by atoms with E-state index in [0.717, 1.165) is 0 Å². The molecule has 0 aromatic heterocycles. The molecule has 6 heteroatoms. The van der Waals surface area contributed by atoms with Crippen molar-refractivity contribution >= 4 is 17.8 Å². The van der Waals surface area contributed by atoms with E-state index in [-0.39, 0.29) is 11.8 Å². The highest BCUT2D eigenvalue weighted by Gasteiger charge is 2.36. The van der Waals surface area contributed by atoms with Crippen molar-refractivity contribution in [3.63, 3.8) is 0 Å². The number of carbonyl (C=O) groups is 3. The number of carbonyl (C=O) groups excluding carboxylic acids is 2. The molecule has 2 unspecified atom stereocenters. The summed E-state index contributed by atoms with van der Waals surface area (Å²) in [5.41, 5.74) is 4.05. The Kier molecular flexibility index (Phi) is 3.75. The van der Waals surface area contributed by atoms with Gasteiger partial charge in [-0.15, -0.1) is 0 Å². The molecule has 1 aliphatic carbocycles. The Hall–Kier alpha value is -1.59. The number of rotatable bonds is 4. The molecule has 4 N–H and O–H groups in total. The SMILES string of the molecule is CC(C)(NC(=O)C1CCC(C(=O)O)C1)C(N)=O. The molecule has 0 radical (unpaired) electrons. The maximum absolute atomic E-state index is 11.8. The number of carboxylic acids is 1. The third kappa shape index (κ3) is 3.18. The zero-order chi connectivity index (χ0) is 13.2. The molecule has 0 aromatic rings. The van der Waals surface area contributed by atoms with E-state index >= 15 is 0 Å². The summed E-state index contributed by atoms with van der Waals surface area (Å²) < 4.78 is 0. The van der Waals surface area contributed by atoms with E-state index < -0.39 is 23.3 Å². The average molecular weight is 242 g/mol. The van der Waals surface area contributed by atoms with Crippen molar-refractivity contribution in [1.29, 1.82) is 0 Å². The van der Waals surface area contributed by atoms with Crippen LogP contribution in [0.15, 0.2) is 0 Å². The summed E-state index contributed by atoms with van der Waals surface area (Å²) in [5.74, 6) is -2.57.